The molecule has 29 heavy (non-hydrogen) atoms. The number of hydrogen-bond acceptors (Lipinski definition) is 4. The molecule has 0 aliphatic carbocycles. The van der Waals surface area contributed by atoms with Gasteiger partial charge in [-0.25, -0.2) is 4.98 Å². The monoisotopic (exact) mass is 384 g/mol. The van der Waals surface area contributed by atoms with Crippen LogP contribution in [0.2, 0.25) is 0 Å². The van der Waals surface area contributed by atoms with Gasteiger partial charge in [0, 0.05) is 23.4 Å². The van der Waals surface area contributed by atoms with Gasteiger partial charge in [-0.05, 0) is 42.0 Å². The summed E-state index contributed by atoms with van der Waals surface area (Å²) in [5.41, 5.74) is 10.1. The zero-order chi connectivity index (χ0) is 20.2. The van der Waals surface area contributed by atoms with E-state index in [2.05, 4.69) is 10.3 Å². The number of aromatic nitrogens is 2. The van der Waals surface area contributed by atoms with E-state index in [4.69, 9.17) is 5.73 Å². The number of carbonyl (C=O) groups is 2. The smallest absolute Gasteiger partial charge is 0.255 e. The molecule has 1 atom stereocenters. The first-order valence-corrected chi connectivity index (χ1v) is 9.28. The van der Waals surface area contributed by atoms with Gasteiger partial charge >= 0.3 is 0 Å². The molecule has 0 spiro atoms. The van der Waals surface area contributed by atoms with E-state index in [1.54, 1.807) is 36.7 Å². The van der Waals surface area contributed by atoms with Gasteiger partial charge in [0.15, 0.2) is 0 Å². The van der Waals surface area contributed by atoms with Crippen molar-refractivity contribution in [1.82, 2.24) is 9.55 Å². The summed E-state index contributed by atoms with van der Waals surface area (Å²) >= 11 is 0. The summed E-state index contributed by atoms with van der Waals surface area (Å²) in [5.74, 6) is -0.241. The molecule has 6 heteroatoms. The maximum absolute atomic E-state index is 12.5. The zero-order valence-corrected chi connectivity index (χ0v) is 15.7. The summed E-state index contributed by atoms with van der Waals surface area (Å²) in [4.78, 5) is 28.3. The number of aldehydes is 1. The van der Waals surface area contributed by atoms with Crippen LogP contribution in [0.25, 0.3) is 11.0 Å². The summed E-state index contributed by atoms with van der Waals surface area (Å²) in [7, 11) is 0. The third-order valence-corrected chi connectivity index (χ3v) is 4.82. The van der Waals surface area contributed by atoms with E-state index in [-0.39, 0.29) is 11.9 Å². The van der Waals surface area contributed by atoms with Gasteiger partial charge in [0.1, 0.15) is 6.29 Å². The summed E-state index contributed by atoms with van der Waals surface area (Å²) in [5, 5.41) is 2.90. The molecular weight excluding hydrogens is 364 g/mol. The second-order valence-corrected chi connectivity index (χ2v) is 6.76. The fourth-order valence-corrected chi connectivity index (χ4v) is 3.41. The number of nitrogens with two attached hydrogens (primary N) is 1. The van der Waals surface area contributed by atoms with Crippen molar-refractivity contribution in [2.75, 3.05) is 11.1 Å². The van der Waals surface area contributed by atoms with Gasteiger partial charge in [-0.2, -0.15) is 0 Å². The molecule has 1 unspecified atom stereocenters. The van der Waals surface area contributed by atoms with Gasteiger partial charge in [0.05, 0.1) is 23.4 Å². The SMILES string of the molecule is Nc1cccc(C(=O)Nc2ccc3ncn(C(CC=O)c4ccccc4)c3c2)c1. The minimum absolute atomic E-state index is 0.168. The highest BCUT2D eigenvalue weighted by atomic mass is 16.1. The van der Waals surface area contributed by atoms with Crippen molar-refractivity contribution in [3.63, 3.8) is 0 Å². The van der Waals surface area contributed by atoms with E-state index < -0.39 is 0 Å². The Kier molecular flexibility index (Phi) is 5.07. The van der Waals surface area contributed by atoms with Gasteiger partial charge < -0.3 is 20.4 Å². The van der Waals surface area contributed by atoms with E-state index in [1.807, 2.05) is 47.0 Å². The van der Waals surface area contributed by atoms with Crippen LogP contribution in [-0.4, -0.2) is 21.7 Å². The first kappa shape index (κ1) is 18.4. The molecule has 0 aliphatic heterocycles. The van der Waals surface area contributed by atoms with Crippen molar-refractivity contribution in [3.8, 4) is 0 Å². The summed E-state index contributed by atoms with van der Waals surface area (Å²) in [6.45, 7) is 0. The summed E-state index contributed by atoms with van der Waals surface area (Å²) in [6, 6.07) is 22.0. The van der Waals surface area contributed by atoms with Crippen LogP contribution in [0.4, 0.5) is 11.4 Å². The number of fused-ring (bicyclic) bond motifs is 1. The van der Waals surface area contributed by atoms with Crippen LogP contribution in [0.5, 0.6) is 0 Å². The van der Waals surface area contributed by atoms with E-state index in [0.29, 0.717) is 23.4 Å². The maximum atomic E-state index is 12.5. The molecular formula is C23H20N4O2. The second-order valence-electron chi connectivity index (χ2n) is 6.76. The molecule has 4 rings (SSSR count). The Morgan fingerprint density at radius 2 is 1.90 bits per heavy atom. The number of amides is 1. The standard InChI is InChI=1S/C23H20N4O2/c24-18-8-4-7-17(13-18)23(29)26-19-9-10-20-22(14-19)27(15-25-20)21(11-12-28)16-5-2-1-3-6-16/h1-10,12-15,21H,11,24H2,(H,26,29). The zero-order valence-electron chi connectivity index (χ0n) is 15.7. The van der Waals surface area contributed by atoms with Crippen molar-refractivity contribution in [2.45, 2.75) is 12.5 Å². The molecule has 3 N–H and O–H groups in total. The number of nitrogens with one attached hydrogen (secondary N) is 1. The number of hydrogen-bond donors (Lipinski definition) is 2. The van der Waals surface area contributed by atoms with Crippen molar-refractivity contribution < 1.29 is 9.59 Å². The van der Waals surface area contributed by atoms with Crippen LogP contribution in [0, 0.1) is 0 Å². The number of anilines is 2. The van der Waals surface area contributed by atoms with Crippen LogP contribution in [0.15, 0.2) is 79.1 Å². The maximum Gasteiger partial charge on any atom is 0.255 e. The van der Waals surface area contributed by atoms with E-state index in [9.17, 15) is 9.59 Å². The summed E-state index contributed by atoms with van der Waals surface area (Å²) in [6.07, 6.45) is 2.97. The van der Waals surface area contributed by atoms with Crippen LogP contribution >= 0.6 is 0 Å². The number of carbonyl (C=O) groups excluding carboxylic acids is 2. The quantitative estimate of drug-likeness (QED) is 0.388. The van der Waals surface area contributed by atoms with E-state index in [1.165, 1.54) is 0 Å². The minimum atomic E-state index is -0.241. The molecule has 3 aromatic carbocycles. The van der Waals surface area contributed by atoms with Gasteiger partial charge in [-0.1, -0.05) is 36.4 Å². The minimum Gasteiger partial charge on any atom is -0.399 e. The number of benzene rings is 3. The Morgan fingerprint density at radius 1 is 1.07 bits per heavy atom. The lowest BCUT2D eigenvalue weighted by atomic mass is 10.0. The highest BCUT2D eigenvalue weighted by Gasteiger charge is 2.17. The third-order valence-electron chi connectivity index (χ3n) is 4.82. The van der Waals surface area contributed by atoms with Crippen LogP contribution in [0.1, 0.15) is 28.4 Å². The molecule has 0 bridgehead atoms. The van der Waals surface area contributed by atoms with E-state index in [0.717, 1.165) is 22.9 Å². The van der Waals surface area contributed by atoms with Gasteiger partial charge in [0.2, 0.25) is 0 Å². The van der Waals surface area contributed by atoms with Gasteiger partial charge in [-0.3, -0.25) is 4.79 Å². The van der Waals surface area contributed by atoms with Gasteiger partial charge in [-0.15, -0.1) is 0 Å². The Bertz CT molecular complexity index is 1170. The fraction of sp³-hybridized carbons (Fsp3) is 0.0870. The third kappa shape index (κ3) is 3.87. The predicted octanol–water partition coefficient (Wildman–Crippen LogP) is 4.05. The van der Waals surface area contributed by atoms with Crippen LogP contribution in [-0.2, 0) is 4.79 Å². The average molecular weight is 384 g/mol. The first-order chi connectivity index (χ1) is 14.2. The number of rotatable bonds is 6. The highest BCUT2D eigenvalue weighted by molar-refractivity contribution is 6.05. The second kappa shape index (κ2) is 7.98. The highest BCUT2D eigenvalue weighted by Crippen LogP contribution is 2.27. The Hall–Kier alpha value is -3.93. The first-order valence-electron chi connectivity index (χ1n) is 9.28. The normalized spacial score (nSPS) is 11.9. The number of imidazole rings is 1. The molecule has 0 saturated heterocycles. The average Bonchev–Trinajstić information content (AvgIpc) is 3.15. The Balaban J connectivity index is 1.69. The fourth-order valence-electron chi connectivity index (χ4n) is 3.41. The molecule has 144 valence electrons. The lowest BCUT2D eigenvalue weighted by molar-refractivity contribution is -0.108. The topological polar surface area (TPSA) is 90.0 Å². The Labute approximate surface area is 168 Å². The molecule has 1 amide bonds. The molecule has 1 aromatic heterocycles. The summed E-state index contributed by atoms with van der Waals surface area (Å²) < 4.78 is 1.97. The molecule has 0 saturated carbocycles. The van der Waals surface area contributed by atoms with Crippen LogP contribution < -0.4 is 11.1 Å². The van der Waals surface area contributed by atoms with Crippen LogP contribution in [0.3, 0.4) is 0 Å². The van der Waals surface area contributed by atoms with Crippen molar-refractivity contribution >= 4 is 34.6 Å². The Morgan fingerprint density at radius 3 is 2.66 bits per heavy atom. The molecule has 6 nitrogen and oxygen atoms in total. The molecule has 0 aliphatic rings. The van der Waals surface area contributed by atoms with Gasteiger partial charge in [0.25, 0.3) is 5.91 Å². The molecule has 0 radical (unpaired) electrons. The lowest BCUT2D eigenvalue weighted by Gasteiger charge is -2.18. The lowest BCUT2D eigenvalue weighted by Crippen LogP contribution is -2.13. The molecule has 0 fully saturated rings. The van der Waals surface area contributed by atoms with Crippen molar-refractivity contribution in [3.05, 3.63) is 90.3 Å². The molecule has 1 heterocycles. The molecule has 4 aromatic rings. The van der Waals surface area contributed by atoms with Crippen molar-refractivity contribution in [1.29, 1.82) is 0 Å². The number of nitrogens with zero attached hydrogens (tertiary/aromatic N) is 2. The van der Waals surface area contributed by atoms with E-state index >= 15 is 0 Å². The number of nitrogen functional groups attached to an aromatic ring is 1. The van der Waals surface area contributed by atoms with Crippen molar-refractivity contribution in [2.24, 2.45) is 0 Å². The predicted molar refractivity (Wildman–Crippen MR) is 114 cm³/mol. The largest absolute Gasteiger partial charge is 0.399 e.